The smallest absolute Gasteiger partial charge is 0.256 e. The van der Waals surface area contributed by atoms with Crippen LogP contribution in [0.15, 0.2) is 30.7 Å². The van der Waals surface area contributed by atoms with Crippen LogP contribution in [0, 0.1) is 13.8 Å². The number of aliphatic hydroxyl groups excluding tert-OH is 1. The lowest BCUT2D eigenvalue weighted by Crippen LogP contribution is -2.11. The van der Waals surface area contributed by atoms with Crippen LogP contribution in [-0.4, -0.2) is 54.9 Å². The molecule has 0 saturated heterocycles. The van der Waals surface area contributed by atoms with Crippen LogP contribution in [0.25, 0.3) is 27.8 Å². The number of aryl methyl sites for hydroxylation is 2. The molecule has 1 atom stereocenters. The molecule has 4 aromatic heterocycles. The SMILES string of the molecule is COc1cc(-c2cc(C)c3c(O)n(-c4cnn(C[C@H](C)O)c4)c(C)c3n2)cnc1OC. The van der Waals surface area contributed by atoms with Gasteiger partial charge in [0.15, 0.2) is 5.75 Å². The molecule has 0 aromatic carbocycles. The van der Waals surface area contributed by atoms with Crippen molar-refractivity contribution in [3.8, 4) is 34.5 Å². The van der Waals surface area contributed by atoms with E-state index >= 15 is 0 Å². The van der Waals surface area contributed by atoms with Crippen molar-refractivity contribution < 1.29 is 19.7 Å². The lowest BCUT2D eigenvalue weighted by Gasteiger charge is -2.09. The monoisotopic (exact) mass is 423 g/mol. The standard InChI is InChI=1S/C22H25N5O4/c1-12-6-17(15-7-18(30-4)21(31-5)23-8-15)25-20-14(3)27(22(29)19(12)20)16-9-24-26(11-16)10-13(2)28/h6-9,11,13,28-29H,10H2,1-5H3/t13-/m0/s1. The van der Waals surface area contributed by atoms with Gasteiger partial charge in [0.05, 0.1) is 55.3 Å². The zero-order valence-corrected chi connectivity index (χ0v) is 18.1. The van der Waals surface area contributed by atoms with Crippen LogP contribution >= 0.6 is 0 Å². The maximum Gasteiger partial charge on any atom is 0.256 e. The van der Waals surface area contributed by atoms with Gasteiger partial charge in [0, 0.05) is 23.7 Å². The molecular formula is C22H25N5O4. The molecule has 0 radical (unpaired) electrons. The van der Waals surface area contributed by atoms with Gasteiger partial charge >= 0.3 is 0 Å². The van der Waals surface area contributed by atoms with Gasteiger partial charge in [-0.05, 0) is 38.5 Å². The summed E-state index contributed by atoms with van der Waals surface area (Å²) in [5.74, 6) is 1.02. The van der Waals surface area contributed by atoms with Crippen molar-refractivity contribution in [3.05, 3.63) is 42.0 Å². The Morgan fingerprint density at radius 1 is 1.13 bits per heavy atom. The first kappa shape index (κ1) is 20.7. The van der Waals surface area contributed by atoms with E-state index in [-0.39, 0.29) is 5.88 Å². The number of aromatic hydroxyl groups is 1. The van der Waals surface area contributed by atoms with Gasteiger partial charge < -0.3 is 19.7 Å². The van der Waals surface area contributed by atoms with Crippen LogP contribution in [-0.2, 0) is 6.54 Å². The molecule has 31 heavy (non-hydrogen) atoms. The molecule has 2 N–H and O–H groups in total. The lowest BCUT2D eigenvalue weighted by atomic mass is 10.1. The second-order valence-electron chi connectivity index (χ2n) is 7.50. The van der Waals surface area contributed by atoms with E-state index in [0.29, 0.717) is 40.5 Å². The minimum Gasteiger partial charge on any atom is -0.494 e. The number of nitrogens with zero attached hydrogens (tertiary/aromatic N) is 5. The van der Waals surface area contributed by atoms with Crippen LogP contribution in [0.1, 0.15) is 18.2 Å². The predicted octanol–water partition coefficient (Wildman–Crippen LogP) is 3.00. The van der Waals surface area contributed by atoms with Crippen LogP contribution in [0.2, 0.25) is 0 Å². The van der Waals surface area contributed by atoms with Crippen molar-refractivity contribution in [3.63, 3.8) is 0 Å². The Balaban J connectivity index is 1.85. The van der Waals surface area contributed by atoms with Gasteiger partial charge in [0.25, 0.3) is 5.88 Å². The summed E-state index contributed by atoms with van der Waals surface area (Å²) in [4.78, 5) is 9.11. The largest absolute Gasteiger partial charge is 0.494 e. The number of aliphatic hydroxyl groups is 1. The highest BCUT2D eigenvalue weighted by molar-refractivity contribution is 5.93. The molecule has 0 bridgehead atoms. The topological polar surface area (TPSA) is 107 Å². The Hall–Kier alpha value is -3.59. The molecule has 0 aliphatic carbocycles. The van der Waals surface area contributed by atoms with Gasteiger partial charge in [0.2, 0.25) is 5.88 Å². The first-order valence-corrected chi connectivity index (χ1v) is 9.85. The van der Waals surface area contributed by atoms with Crippen molar-refractivity contribution >= 4 is 10.9 Å². The number of aromatic nitrogens is 5. The highest BCUT2D eigenvalue weighted by Gasteiger charge is 2.21. The van der Waals surface area contributed by atoms with Crippen molar-refractivity contribution in [2.75, 3.05) is 14.2 Å². The summed E-state index contributed by atoms with van der Waals surface area (Å²) >= 11 is 0. The summed E-state index contributed by atoms with van der Waals surface area (Å²) in [6.45, 7) is 5.90. The molecule has 0 fully saturated rings. The number of hydrogen-bond acceptors (Lipinski definition) is 7. The predicted molar refractivity (Wildman–Crippen MR) is 116 cm³/mol. The summed E-state index contributed by atoms with van der Waals surface area (Å²) in [7, 11) is 3.10. The molecule has 0 saturated carbocycles. The fourth-order valence-corrected chi connectivity index (χ4v) is 3.77. The van der Waals surface area contributed by atoms with E-state index in [0.717, 1.165) is 16.8 Å². The fraction of sp³-hybridized carbons (Fsp3) is 0.318. The fourth-order valence-electron chi connectivity index (χ4n) is 3.77. The highest BCUT2D eigenvalue weighted by Crippen LogP contribution is 2.37. The second-order valence-corrected chi connectivity index (χ2v) is 7.50. The molecule has 9 nitrogen and oxygen atoms in total. The summed E-state index contributed by atoms with van der Waals surface area (Å²) in [6, 6.07) is 3.73. The Kier molecular flexibility index (Phi) is 5.28. The molecular weight excluding hydrogens is 398 g/mol. The van der Waals surface area contributed by atoms with Gasteiger partial charge in [-0.25, -0.2) is 9.97 Å². The van der Waals surface area contributed by atoms with Crippen molar-refractivity contribution in [1.29, 1.82) is 0 Å². The molecule has 0 aliphatic rings. The lowest BCUT2D eigenvalue weighted by molar-refractivity contribution is 0.168. The number of rotatable bonds is 6. The number of methoxy groups -OCH3 is 2. The number of pyridine rings is 2. The van der Waals surface area contributed by atoms with Crippen LogP contribution in [0.4, 0.5) is 0 Å². The number of hydrogen-bond donors (Lipinski definition) is 2. The van der Waals surface area contributed by atoms with E-state index < -0.39 is 6.10 Å². The van der Waals surface area contributed by atoms with Crippen LogP contribution in [0.3, 0.4) is 0 Å². The van der Waals surface area contributed by atoms with Crippen molar-refractivity contribution in [2.24, 2.45) is 0 Å². The quantitative estimate of drug-likeness (QED) is 0.491. The maximum atomic E-state index is 11.0. The van der Waals surface area contributed by atoms with Gasteiger partial charge in [0.1, 0.15) is 0 Å². The molecule has 9 heteroatoms. The van der Waals surface area contributed by atoms with E-state index in [4.69, 9.17) is 14.5 Å². The molecule has 4 heterocycles. The second kappa shape index (κ2) is 7.92. The molecule has 0 amide bonds. The zero-order valence-electron chi connectivity index (χ0n) is 18.1. The van der Waals surface area contributed by atoms with Gasteiger partial charge in [-0.1, -0.05) is 0 Å². The molecule has 0 unspecified atom stereocenters. The first-order valence-electron chi connectivity index (χ1n) is 9.85. The molecule has 4 aromatic rings. The minimum atomic E-state index is -0.521. The average molecular weight is 423 g/mol. The van der Waals surface area contributed by atoms with Gasteiger partial charge in [-0.15, -0.1) is 0 Å². The summed E-state index contributed by atoms with van der Waals surface area (Å²) in [5, 5.41) is 25.6. The molecule has 0 spiro atoms. The van der Waals surface area contributed by atoms with Gasteiger partial charge in [-0.2, -0.15) is 5.10 Å². The van der Waals surface area contributed by atoms with E-state index in [2.05, 4.69) is 10.1 Å². The van der Waals surface area contributed by atoms with Gasteiger partial charge in [-0.3, -0.25) is 9.25 Å². The summed E-state index contributed by atoms with van der Waals surface area (Å²) in [6.07, 6.45) is 4.60. The van der Waals surface area contributed by atoms with Crippen LogP contribution in [0.5, 0.6) is 17.5 Å². The third-order valence-electron chi connectivity index (χ3n) is 5.19. The van der Waals surface area contributed by atoms with Crippen LogP contribution < -0.4 is 9.47 Å². The van der Waals surface area contributed by atoms with Crippen molar-refractivity contribution in [2.45, 2.75) is 33.4 Å². The maximum absolute atomic E-state index is 11.0. The van der Waals surface area contributed by atoms with E-state index in [1.807, 2.05) is 26.0 Å². The highest BCUT2D eigenvalue weighted by atomic mass is 16.5. The third kappa shape index (κ3) is 3.57. The normalized spacial score (nSPS) is 12.3. The Labute approximate surface area is 179 Å². The molecule has 0 aliphatic heterocycles. The van der Waals surface area contributed by atoms with E-state index in [1.54, 1.807) is 41.9 Å². The summed E-state index contributed by atoms with van der Waals surface area (Å²) < 4.78 is 13.9. The number of fused-ring (bicyclic) bond motifs is 1. The number of ether oxygens (including phenoxy) is 2. The third-order valence-corrected chi connectivity index (χ3v) is 5.19. The van der Waals surface area contributed by atoms with Crippen molar-refractivity contribution in [1.82, 2.24) is 24.3 Å². The Morgan fingerprint density at radius 2 is 1.90 bits per heavy atom. The first-order chi connectivity index (χ1) is 14.8. The average Bonchev–Trinajstić information content (AvgIpc) is 3.28. The summed E-state index contributed by atoms with van der Waals surface area (Å²) in [5.41, 5.74) is 4.53. The molecule has 4 rings (SSSR count). The van der Waals surface area contributed by atoms with E-state index in [1.165, 1.54) is 7.11 Å². The minimum absolute atomic E-state index is 0.103. The zero-order chi connectivity index (χ0) is 22.3. The Morgan fingerprint density at radius 3 is 2.58 bits per heavy atom. The molecule has 162 valence electrons. The van der Waals surface area contributed by atoms with E-state index in [9.17, 15) is 10.2 Å². The Bertz CT molecular complexity index is 1260.